The third kappa shape index (κ3) is 4.50. The molecule has 0 aliphatic rings. The second-order valence-corrected chi connectivity index (χ2v) is 4.34. The van der Waals surface area contributed by atoms with E-state index in [1.807, 2.05) is 0 Å². The number of benzene rings is 1. The molecule has 110 valence electrons. The Morgan fingerprint density at radius 1 is 1.29 bits per heavy atom. The van der Waals surface area contributed by atoms with Gasteiger partial charge in [0.1, 0.15) is 0 Å². The second-order valence-electron chi connectivity index (χ2n) is 4.34. The highest BCUT2D eigenvalue weighted by Gasteiger charge is 2.03. The minimum atomic E-state index is 0.0313. The molecule has 0 aliphatic carbocycles. The molecule has 0 spiro atoms. The van der Waals surface area contributed by atoms with Crippen molar-refractivity contribution in [2.24, 2.45) is 0 Å². The first-order chi connectivity index (χ1) is 10.2. The summed E-state index contributed by atoms with van der Waals surface area (Å²) in [6.45, 7) is 2.76. The maximum absolute atomic E-state index is 11.2. The minimum absolute atomic E-state index is 0.0313. The maximum Gasteiger partial charge on any atom is 0.249 e. The van der Waals surface area contributed by atoms with Gasteiger partial charge in [-0.15, -0.1) is 5.10 Å². The lowest BCUT2D eigenvalue weighted by Crippen LogP contribution is -2.10. The van der Waals surface area contributed by atoms with Crippen molar-refractivity contribution in [3.8, 4) is 0 Å². The van der Waals surface area contributed by atoms with Gasteiger partial charge in [-0.3, -0.25) is 4.79 Å². The van der Waals surface area contributed by atoms with Crippen LogP contribution in [0.2, 0.25) is 0 Å². The molecule has 1 heterocycles. The fourth-order valence-electron chi connectivity index (χ4n) is 1.64. The Kier molecular flexibility index (Phi) is 5.16. The van der Waals surface area contributed by atoms with Crippen LogP contribution in [-0.2, 0) is 4.74 Å². The van der Waals surface area contributed by atoms with Crippen molar-refractivity contribution in [3.05, 3.63) is 36.0 Å². The van der Waals surface area contributed by atoms with E-state index in [9.17, 15) is 4.79 Å². The van der Waals surface area contributed by atoms with Gasteiger partial charge in [0.15, 0.2) is 11.6 Å². The Labute approximate surface area is 122 Å². The molecule has 0 atom stereocenters. The highest BCUT2D eigenvalue weighted by Crippen LogP contribution is 2.14. The molecule has 7 nitrogen and oxygen atoms in total. The van der Waals surface area contributed by atoms with Crippen LogP contribution >= 0.6 is 0 Å². The van der Waals surface area contributed by atoms with Gasteiger partial charge in [-0.2, -0.15) is 10.1 Å². The van der Waals surface area contributed by atoms with Gasteiger partial charge in [0.05, 0.1) is 12.8 Å². The molecule has 21 heavy (non-hydrogen) atoms. The van der Waals surface area contributed by atoms with Gasteiger partial charge in [0, 0.05) is 24.9 Å². The van der Waals surface area contributed by atoms with E-state index in [1.54, 1.807) is 37.6 Å². The summed E-state index contributed by atoms with van der Waals surface area (Å²) in [6.07, 6.45) is 1.54. The number of carbonyl (C=O) groups is 1. The number of nitrogens with one attached hydrogen (secondary N) is 2. The maximum atomic E-state index is 11.2. The summed E-state index contributed by atoms with van der Waals surface area (Å²) in [4.78, 5) is 15.5. The average Bonchev–Trinajstić information content (AvgIpc) is 2.48. The number of ether oxygens (including phenoxy) is 1. The highest BCUT2D eigenvalue weighted by molar-refractivity contribution is 5.94. The van der Waals surface area contributed by atoms with Crippen molar-refractivity contribution in [3.63, 3.8) is 0 Å². The number of anilines is 3. The Bertz CT molecular complexity index is 601. The summed E-state index contributed by atoms with van der Waals surface area (Å²) >= 11 is 0. The van der Waals surface area contributed by atoms with Crippen molar-refractivity contribution >= 4 is 23.2 Å². The molecule has 0 aliphatic heterocycles. The molecular formula is C14H17N5O2. The Balaban J connectivity index is 2.01. The number of Topliss-reactive ketones (excluding diaryl/α,β-unsaturated/α-hetero) is 1. The van der Waals surface area contributed by atoms with Crippen LogP contribution in [0.5, 0.6) is 0 Å². The van der Waals surface area contributed by atoms with E-state index in [1.165, 1.54) is 6.92 Å². The van der Waals surface area contributed by atoms with Crippen molar-refractivity contribution in [2.75, 3.05) is 30.9 Å². The van der Waals surface area contributed by atoms with Gasteiger partial charge in [0.2, 0.25) is 5.95 Å². The fourth-order valence-corrected chi connectivity index (χ4v) is 1.64. The van der Waals surface area contributed by atoms with E-state index in [2.05, 4.69) is 25.8 Å². The lowest BCUT2D eigenvalue weighted by molar-refractivity contribution is 0.101. The smallest absolute Gasteiger partial charge is 0.249 e. The molecule has 0 saturated heterocycles. The Hall–Kier alpha value is -2.54. The fraction of sp³-hybridized carbons (Fsp3) is 0.286. The number of methoxy groups -OCH3 is 1. The Morgan fingerprint density at radius 2 is 2.05 bits per heavy atom. The van der Waals surface area contributed by atoms with E-state index in [-0.39, 0.29) is 5.78 Å². The zero-order valence-electron chi connectivity index (χ0n) is 12.0. The van der Waals surface area contributed by atoms with Crippen LogP contribution in [0.4, 0.5) is 17.5 Å². The van der Waals surface area contributed by atoms with Crippen LogP contribution < -0.4 is 10.6 Å². The number of rotatable bonds is 7. The number of aromatic nitrogens is 3. The minimum Gasteiger partial charge on any atom is -0.383 e. The van der Waals surface area contributed by atoms with E-state index in [0.29, 0.717) is 30.5 Å². The standard InChI is InChI=1S/C14H17N5O2/c1-10(20)11-3-5-12(6-4-11)17-14-18-13(9-16-19-14)15-7-8-21-2/h3-6,9H,7-8H2,1-2H3,(H2,15,17,18,19). The molecule has 2 rings (SSSR count). The molecule has 0 saturated carbocycles. The third-order valence-electron chi connectivity index (χ3n) is 2.72. The van der Waals surface area contributed by atoms with Gasteiger partial charge in [-0.25, -0.2) is 0 Å². The van der Waals surface area contributed by atoms with Crippen molar-refractivity contribution in [1.82, 2.24) is 15.2 Å². The van der Waals surface area contributed by atoms with Crippen molar-refractivity contribution in [2.45, 2.75) is 6.92 Å². The number of hydrogen-bond donors (Lipinski definition) is 2. The molecule has 0 bridgehead atoms. The molecule has 0 fully saturated rings. The second kappa shape index (κ2) is 7.30. The Morgan fingerprint density at radius 3 is 2.71 bits per heavy atom. The molecule has 0 amide bonds. The van der Waals surface area contributed by atoms with E-state index < -0.39 is 0 Å². The monoisotopic (exact) mass is 287 g/mol. The quantitative estimate of drug-likeness (QED) is 0.593. The van der Waals surface area contributed by atoms with E-state index in [0.717, 1.165) is 5.69 Å². The summed E-state index contributed by atoms with van der Waals surface area (Å²) in [5.41, 5.74) is 1.45. The number of nitrogens with zero attached hydrogens (tertiary/aromatic N) is 3. The van der Waals surface area contributed by atoms with Crippen molar-refractivity contribution < 1.29 is 9.53 Å². The van der Waals surface area contributed by atoms with Gasteiger partial charge < -0.3 is 15.4 Å². The van der Waals surface area contributed by atoms with Crippen LogP contribution in [0.15, 0.2) is 30.5 Å². The van der Waals surface area contributed by atoms with E-state index >= 15 is 0 Å². The zero-order chi connectivity index (χ0) is 15.1. The van der Waals surface area contributed by atoms with Crippen LogP contribution in [0.1, 0.15) is 17.3 Å². The highest BCUT2D eigenvalue weighted by atomic mass is 16.5. The molecular weight excluding hydrogens is 270 g/mol. The number of ketones is 1. The topological polar surface area (TPSA) is 89.0 Å². The normalized spacial score (nSPS) is 10.2. The largest absolute Gasteiger partial charge is 0.383 e. The molecule has 0 unspecified atom stereocenters. The van der Waals surface area contributed by atoms with Crippen LogP contribution in [0, 0.1) is 0 Å². The van der Waals surface area contributed by atoms with Crippen LogP contribution in [0.25, 0.3) is 0 Å². The van der Waals surface area contributed by atoms with Crippen LogP contribution in [-0.4, -0.2) is 41.2 Å². The average molecular weight is 287 g/mol. The zero-order valence-corrected chi connectivity index (χ0v) is 12.0. The predicted octanol–water partition coefficient (Wildman–Crippen LogP) is 1.88. The molecule has 2 N–H and O–H groups in total. The van der Waals surface area contributed by atoms with Crippen LogP contribution in [0.3, 0.4) is 0 Å². The molecule has 2 aromatic rings. The molecule has 0 radical (unpaired) electrons. The first-order valence-electron chi connectivity index (χ1n) is 6.49. The van der Waals surface area contributed by atoms with Crippen molar-refractivity contribution in [1.29, 1.82) is 0 Å². The summed E-state index contributed by atoms with van der Waals surface area (Å²) in [6, 6.07) is 7.09. The summed E-state index contributed by atoms with van der Waals surface area (Å²) in [5.74, 6) is 1.03. The SMILES string of the molecule is COCCNc1cnnc(Nc2ccc(C(C)=O)cc2)n1. The lowest BCUT2D eigenvalue weighted by atomic mass is 10.1. The van der Waals surface area contributed by atoms with Gasteiger partial charge >= 0.3 is 0 Å². The summed E-state index contributed by atoms with van der Waals surface area (Å²) in [7, 11) is 1.64. The third-order valence-corrected chi connectivity index (χ3v) is 2.72. The number of carbonyl (C=O) groups excluding carboxylic acids is 1. The summed E-state index contributed by atoms with van der Waals surface area (Å²) in [5, 5.41) is 13.9. The first kappa shape index (κ1) is 14.9. The first-order valence-corrected chi connectivity index (χ1v) is 6.49. The summed E-state index contributed by atoms with van der Waals surface area (Å²) < 4.78 is 4.95. The molecule has 7 heteroatoms. The molecule has 1 aromatic carbocycles. The number of hydrogen-bond acceptors (Lipinski definition) is 7. The van der Waals surface area contributed by atoms with Gasteiger partial charge in [-0.1, -0.05) is 0 Å². The lowest BCUT2D eigenvalue weighted by Gasteiger charge is -2.07. The molecule has 1 aromatic heterocycles. The van der Waals surface area contributed by atoms with Gasteiger partial charge in [0.25, 0.3) is 0 Å². The van der Waals surface area contributed by atoms with Gasteiger partial charge in [-0.05, 0) is 31.2 Å². The van der Waals surface area contributed by atoms with E-state index in [4.69, 9.17) is 4.74 Å². The predicted molar refractivity (Wildman–Crippen MR) is 79.9 cm³/mol.